The summed E-state index contributed by atoms with van der Waals surface area (Å²) in [6, 6.07) is 7.66. The first-order valence-corrected chi connectivity index (χ1v) is 7.39. The molecule has 0 saturated heterocycles. The maximum Gasteiger partial charge on any atom is 0.0950 e. The molecule has 0 amide bonds. The van der Waals surface area contributed by atoms with Gasteiger partial charge in [-0.2, -0.15) is 0 Å². The third kappa shape index (κ3) is 5.26. The molecule has 0 heterocycles. The molecule has 0 saturated carbocycles. The highest BCUT2D eigenvalue weighted by Gasteiger charge is 2.09. The van der Waals surface area contributed by atoms with Crippen LogP contribution in [-0.2, 0) is 0 Å². The molecule has 0 atom stereocenters. The van der Waals surface area contributed by atoms with Crippen LogP contribution in [0, 0.1) is 0 Å². The van der Waals surface area contributed by atoms with E-state index in [1.54, 1.807) is 19.3 Å². The molecule has 22 heavy (non-hydrogen) atoms. The number of benzene rings is 1. The molecule has 1 rings (SSSR count). The van der Waals surface area contributed by atoms with Crippen LogP contribution in [-0.4, -0.2) is 20.0 Å². The molecule has 0 aliphatic carbocycles. The Bertz CT molecular complexity index is 610. The third-order valence-electron chi connectivity index (χ3n) is 2.81. The van der Waals surface area contributed by atoms with Gasteiger partial charge in [0.25, 0.3) is 0 Å². The third-order valence-corrected chi connectivity index (χ3v) is 3.11. The molecule has 0 aliphatic rings. The lowest BCUT2D eigenvalue weighted by atomic mass is 10.1. The van der Waals surface area contributed by atoms with E-state index < -0.39 is 0 Å². The Balaban J connectivity index is 3.36. The van der Waals surface area contributed by atoms with E-state index in [0.717, 1.165) is 16.9 Å². The lowest BCUT2D eigenvalue weighted by molar-refractivity contribution is 1.03. The summed E-state index contributed by atoms with van der Waals surface area (Å²) in [5.41, 5.74) is 8.94. The van der Waals surface area contributed by atoms with Crippen LogP contribution in [0.15, 0.2) is 68.9 Å². The van der Waals surface area contributed by atoms with Crippen LogP contribution in [0.3, 0.4) is 0 Å². The highest BCUT2D eigenvalue weighted by atomic mass is 32.1. The Morgan fingerprint density at radius 1 is 1.36 bits per heavy atom. The van der Waals surface area contributed by atoms with Crippen molar-refractivity contribution in [2.75, 3.05) is 7.05 Å². The van der Waals surface area contributed by atoms with Gasteiger partial charge in [-0.05, 0) is 37.5 Å². The average Bonchev–Trinajstić information content (AvgIpc) is 2.53. The molecule has 0 spiro atoms. The van der Waals surface area contributed by atoms with E-state index in [1.807, 2.05) is 36.5 Å². The van der Waals surface area contributed by atoms with Crippen molar-refractivity contribution in [2.45, 2.75) is 18.2 Å². The predicted molar refractivity (Wildman–Crippen MR) is 99.4 cm³/mol. The number of rotatable bonds is 7. The molecule has 0 radical (unpaired) electrons. The Labute approximate surface area is 137 Å². The van der Waals surface area contributed by atoms with Gasteiger partial charge in [-0.3, -0.25) is 9.98 Å². The van der Waals surface area contributed by atoms with Gasteiger partial charge in [0.15, 0.2) is 0 Å². The number of allylic oxidation sites excluding steroid dienone is 2. The second-order valence-corrected chi connectivity index (χ2v) is 4.93. The Hall–Kier alpha value is -2.27. The monoisotopic (exact) mass is 314 g/mol. The zero-order valence-electron chi connectivity index (χ0n) is 13.0. The van der Waals surface area contributed by atoms with Gasteiger partial charge in [-0.25, -0.2) is 0 Å². The van der Waals surface area contributed by atoms with Crippen LogP contribution < -0.4 is 11.1 Å². The summed E-state index contributed by atoms with van der Waals surface area (Å²) in [6.07, 6.45) is 8.12. The fraction of sp³-hybridized carbons (Fsp3) is 0.176. The Kier molecular flexibility index (Phi) is 7.78. The quantitative estimate of drug-likeness (QED) is 0.410. The first-order chi connectivity index (χ1) is 10.6. The lowest BCUT2D eigenvalue weighted by Gasteiger charge is -2.13. The number of hydrogen-bond acceptors (Lipinski definition) is 5. The van der Waals surface area contributed by atoms with Gasteiger partial charge >= 0.3 is 0 Å². The zero-order chi connectivity index (χ0) is 16.4. The van der Waals surface area contributed by atoms with Gasteiger partial charge in [0, 0.05) is 23.7 Å². The second-order valence-electron chi connectivity index (χ2n) is 4.41. The maximum atomic E-state index is 6.14. The normalized spacial score (nSPS) is 13.5. The van der Waals surface area contributed by atoms with Crippen LogP contribution in [0.5, 0.6) is 0 Å². The van der Waals surface area contributed by atoms with Crippen molar-refractivity contribution in [1.82, 2.24) is 5.32 Å². The molecule has 3 N–H and O–H groups in total. The first kappa shape index (κ1) is 17.8. The largest absolute Gasteiger partial charge is 0.397 e. The molecule has 116 valence electrons. The standard InChI is InChI=1S/C17H22N4S/c1-4-5-11-21-17(15(18)10-12-19-2)16(20-3)13-6-8-14(22)9-7-13/h5-12,21-22H,3-4,18H2,1-2H3/b11-5-,15-10-,17-16-,19-12?. The Morgan fingerprint density at radius 2 is 2.05 bits per heavy atom. The van der Waals surface area contributed by atoms with Gasteiger partial charge in [-0.15, -0.1) is 12.6 Å². The fourth-order valence-electron chi connectivity index (χ4n) is 1.72. The van der Waals surface area contributed by atoms with Crippen molar-refractivity contribution in [1.29, 1.82) is 0 Å². The minimum absolute atomic E-state index is 0.531. The van der Waals surface area contributed by atoms with E-state index >= 15 is 0 Å². The van der Waals surface area contributed by atoms with Crippen molar-refractivity contribution < 1.29 is 0 Å². The molecule has 0 unspecified atom stereocenters. The minimum atomic E-state index is 0.531. The number of nitrogens with one attached hydrogen (secondary N) is 1. The SMILES string of the molecule is C=N/C(=C(N/C=C\CC)/C(N)=C/C=NC)c1ccc(S)cc1. The van der Waals surface area contributed by atoms with Crippen LogP contribution in [0.4, 0.5) is 0 Å². The van der Waals surface area contributed by atoms with Gasteiger partial charge in [-0.1, -0.05) is 25.1 Å². The van der Waals surface area contributed by atoms with E-state index in [2.05, 4.69) is 41.6 Å². The molecular formula is C17H22N4S. The number of nitrogens with two attached hydrogens (primary N) is 1. The van der Waals surface area contributed by atoms with Gasteiger partial charge < -0.3 is 11.1 Å². The first-order valence-electron chi connectivity index (χ1n) is 6.94. The highest BCUT2D eigenvalue weighted by molar-refractivity contribution is 7.80. The second kappa shape index (κ2) is 9.63. The summed E-state index contributed by atoms with van der Waals surface area (Å²) < 4.78 is 0. The molecule has 0 bridgehead atoms. The summed E-state index contributed by atoms with van der Waals surface area (Å²) in [7, 11) is 1.69. The molecule has 0 aromatic heterocycles. The summed E-state index contributed by atoms with van der Waals surface area (Å²) >= 11 is 4.29. The van der Waals surface area contributed by atoms with Crippen LogP contribution in [0.1, 0.15) is 18.9 Å². The van der Waals surface area contributed by atoms with Gasteiger partial charge in [0.05, 0.1) is 17.1 Å². The fourth-order valence-corrected chi connectivity index (χ4v) is 1.87. The van der Waals surface area contributed by atoms with Crippen LogP contribution >= 0.6 is 12.6 Å². The summed E-state index contributed by atoms with van der Waals surface area (Å²) in [6.45, 7) is 5.72. The number of aliphatic imine (C=N–C) groups is 2. The molecule has 0 fully saturated rings. The topological polar surface area (TPSA) is 62.8 Å². The molecule has 0 aliphatic heterocycles. The minimum Gasteiger partial charge on any atom is -0.397 e. The predicted octanol–water partition coefficient (Wildman–Crippen LogP) is 3.40. The van der Waals surface area contributed by atoms with E-state index in [9.17, 15) is 0 Å². The molecule has 1 aromatic rings. The lowest BCUT2D eigenvalue weighted by Crippen LogP contribution is -2.15. The summed E-state index contributed by atoms with van der Waals surface area (Å²) in [5, 5.41) is 3.18. The summed E-state index contributed by atoms with van der Waals surface area (Å²) in [5.74, 6) is 0. The molecule has 5 heteroatoms. The van der Waals surface area contributed by atoms with E-state index in [1.165, 1.54) is 0 Å². The van der Waals surface area contributed by atoms with E-state index in [4.69, 9.17) is 5.73 Å². The molecule has 1 aromatic carbocycles. The van der Waals surface area contributed by atoms with Crippen molar-refractivity contribution in [3.05, 3.63) is 59.6 Å². The number of nitrogens with zero attached hydrogens (tertiary/aromatic N) is 2. The zero-order valence-corrected chi connectivity index (χ0v) is 13.8. The van der Waals surface area contributed by atoms with Crippen molar-refractivity contribution >= 4 is 31.3 Å². The molecule has 4 nitrogen and oxygen atoms in total. The number of hydrogen-bond donors (Lipinski definition) is 3. The van der Waals surface area contributed by atoms with Crippen molar-refractivity contribution in [2.24, 2.45) is 15.7 Å². The van der Waals surface area contributed by atoms with Crippen LogP contribution in [0.25, 0.3) is 5.70 Å². The molecular weight excluding hydrogens is 292 g/mol. The highest BCUT2D eigenvalue weighted by Crippen LogP contribution is 2.22. The Morgan fingerprint density at radius 3 is 2.59 bits per heavy atom. The van der Waals surface area contributed by atoms with Crippen molar-refractivity contribution in [3.8, 4) is 0 Å². The maximum absolute atomic E-state index is 6.14. The number of thiol groups is 1. The van der Waals surface area contributed by atoms with E-state index in [0.29, 0.717) is 17.1 Å². The van der Waals surface area contributed by atoms with Gasteiger partial charge in [0.2, 0.25) is 0 Å². The van der Waals surface area contributed by atoms with Crippen molar-refractivity contribution in [3.63, 3.8) is 0 Å². The van der Waals surface area contributed by atoms with Crippen LogP contribution in [0.2, 0.25) is 0 Å². The smallest absolute Gasteiger partial charge is 0.0950 e. The summed E-state index contributed by atoms with van der Waals surface area (Å²) in [4.78, 5) is 8.94. The average molecular weight is 314 g/mol. The van der Waals surface area contributed by atoms with E-state index in [-0.39, 0.29) is 0 Å². The van der Waals surface area contributed by atoms with Gasteiger partial charge in [0.1, 0.15) is 0 Å².